The van der Waals surface area contributed by atoms with Gasteiger partial charge < -0.3 is 19.5 Å². The number of amides is 2. The van der Waals surface area contributed by atoms with Crippen molar-refractivity contribution in [2.45, 2.75) is 59.7 Å². The number of thiophene rings is 2. The van der Waals surface area contributed by atoms with Gasteiger partial charge in [-0.25, -0.2) is 9.59 Å². The number of carbonyl (C=O) groups is 2. The number of urea groups is 1. The predicted octanol–water partition coefficient (Wildman–Crippen LogP) is 5.97. The Bertz CT molecular complexity index is 1210. The van der Waals surface area contributed by atoms with Crippen molar-refractivity contribution in [1.82, 2.24) is 14.8 Å². The minimum atomic E-state index is -0.611. The maximum Gasteiger partial charge on any atom is 0.341 e. The molecule has 0 unspecified atom stereocenters. The molecule has 0 bridgehead atoms. The molecule has 0 saturated heterocycles. The van der Waals surface area contributed by atoms with E-state index >= 15 is 0 Å². The highest BCUT2D eigenvalue weighted by atomic mass is 32.1. The van der Waals surface area contributed by atoms with E-state index in [-0.39, 0.29) is 8.88 Å². The molecule has 0 spiro atoms. The third-order valence-corrected chi connectivity index (χ3v) is 8.21. The van der Waals surface area contributed by atoms with E-state index in [1.165, 1.54) is 21.8 Å². The van der Waals surface area contributed by atoms with Gasteiger partial charge in [0, 0.05) is 50.2 Å². The van der Waals surface area contributed by atoms with E-state index in [1.807, 2.05) is 59.1 Å². The second-order valence-electron chi connectivity index (χ2n) is 9.66. The molecule has 2 N–H and O–H groups in total. The van der Waals surface area contributed by atoms with E-state index in [2.05, 4.69) is 27.1 Å². The molecule has 0 saturated carbocycles. The molecule has 0 radical (unpaired) electrons. The number of anilines is 1. The van der Waals surface area contributed by atoms with E-state index in [0.717, 1.165) is 40.5 Å². The van der Waals surface area contributed by atoms with Crippen LogP contribution in [-0.2, 0) is 24.2 Å². The summed E-state index contributed by atoms with van der Waals surface area (Å²) in [5.41, 5.74) is 3.14. The fourth-order valence-electron chi connectivity index (χ4n) is 4.05. The van der Waals surface area contributed by atoms with Gasteiger partial charge in [-0.05, 0) is 71.3 Å². The third kappa shape index (κ3) is 5.21. The molecule has 0 fully saturated rings. The van der Waals surface area contributed by atoms with Gasteiger partial charge in [0.1, 0.15) is 15.6 Å². The minimum Gasteiger partial charge on any atom is -0.456 e. The highest BCUT2D eigenvalue weighted by molar-refractivity contribution is 7.16. The first-order chi connectivity index (χ1) is 16.0. The summed E-state index contributed by atoms with van der Waals surface area (Å²) in [7, 11) is 2.14. The molecule has 0 aromatic carbocycles. The summed E-state index contributed by atoms with van der Waals surface area (Å²) >= 11 is 3.18. The van der Waals surface area contributed by atoms with Crippen LogP contribution in [0.5, 0.6) is 0 Å². The number of rotatable bonds is 5. The summed E-state index contributed by atoms with van der Waals surface area (Å²) < 4.78 is 7.69. The maximum absolute atomic E-state index is 12.9. The molecule has 1 aliphatic rings. The molecule has 9 heteroatoms. The smallest absolute Gasteiger partial charge is 0.341 e. The number of ether oxygens (including phenoxy) is 1. The van der Waals surface area contributed by atoms with E-state index in [1.54, 1.807) is 11.3 Å². The van der Waals surface area contributed by atoms with Crippen LogP contribution in [0.3, 0.4) is 0 Å². The largest absolute Gasteiger partial charge is 0.456 e. The predicted molar refractivity (Wildman–Crippen MR) is 143 cm³/mol. The SMILES string of the molecule is Cc1sc(NC(=O)NCc2c(-n3cccc3)sc3c2CCN(C)C3)c(C(=O)OC(C)(C)C)c1C.[HH].[HH]. The number of hydrogen-bond donors (Lipinski definition) is 2. The van der Waals surface area contributed by atoms with Crippen molar-refractivity contribution in [2.75, 3.05) is 18.9 Å². The lowest BCUT2D eigenvalue weighted by atomic mass is 10.0. The number of hydrogen-bond acceptors (Lipinski definition) is 6. The van der Waals surface area contributed by atoms with Gasteiger partial charge in [0.15, 0.2) is 0 Å². The molecule has 3 aromatic rings. The molecule has 4 heterocycles. The van der Waals surface area contributed by atoms with E-state index < -0.39 is 11.6 Å². The first-order valence-corrected chi connectivity index (χ1v) is 13.0. The molecule has 7 nitrogen and oxygen atoms in total. The Kier molecular flexibility index (Phi) is 6.89. The summed E-state index contributed by atoms with van der Waals surface area (Å²) in [4.78, 5) is 30.4. The monoisotopic (exact) mass is 504 g/mol. The molecule has 3 aromatic heterocycles. The second-order valence-corrected chi connectivity index (χ2v) is 12.0. The number of fused-ring (bicyclic) bond motifs is 1. The quantitative estimate of drug-likeness (QED) is 0.420. The van der Waals surface area contributed by atoms with Crippen LogP contribution in [0.15, 0.2) is 24.5 Å². The molecule has 1 aliphatic heterocycles. The normalized spacial score (nSPS) is 14.1. The van der Waals surface area contributed by atoms with E-state index in [0.29, 0.717) is 17.1 Å². The lowest BCUT2D eigenvalue weighted by Gasteiger charge is -2.22. The Morgan fingerprint density at radius 3 is 2.56 bits per heavy atom. The highest BCUT2D eigenvalue weighted by Crippen LogP contribution is 2.36. The summed E-state index contributed by atoms with van der Waals surface area (Å²) in [6.45, 7) is 11.7. The van der Waals surface area contributed by atoms with Gasteiger partial charge in [-0.2, -0.15) is 0 Å². The number of aryl methyl sites for hydroxylation is 1. The Labute approximate surface area is 211 Å². The van der Waals surface area contributed by atoms with Crippen LogP contribution >= 0.6 is 22.7 Å². The van der Waals surface area contributed by atoms with Gasteiger partial charge in [0.2, 0.25) is 0 Å². The van der Waals surface area contributed by atoms with Gasteiger partial charge >= 0.3 is 12.0 Å². The maximum atomic E-state index is 12.9. The van der Waals surface area contributed by atoms with E-state index in [9.17, 15) is 9.59 Å². The zero-order chi connectivity index (χ0) is 24.6. The summed E-state index contributed by atoms with van der Waals surface area (Å²) in [5.74, 6) is -0.421. The Hall–Kier alpha value is -2.62. The molecule has 2 amide bonds. The van der Waals surface area contributed by atoms with Crippen molar-refractivity contribution < 1.29 is 17.2 Å². The van der Waals surface area contributed by atoms with Gasteiger partial charge in [-0.3, -0.25) is 5.32 Å². The van der Waals surface area contributed by atoms with Gasteiger partial charge in [0.05, 0.1) is 5.56 Å². The molecule has 4 rings (SSSR count). The first kappa shape index (κ1) is 24.5. The van der Waals surface area contributed by atoms with Crippen molar-refractivity contribution in [2.24, 2.45) is 0 Å². The molecular formula is C25H36N4O3S2. The van der Waals surface area contributed by atoms with Crippen molar-refractivity contribution in [3.8, 4) is 5.00 Å². The second kappa shape index (κ2) is 9.56. The molecule has 0 atom stereocenters. The van der Waals surface area contributed by atoms with Crippen LogP contribution in [-0.4, -0.2) is 40.7 Å². The van der Waals surface area contributed by atoms with Crippen LogP contribution in [0.4, 0.5) is 9.80 Å². The minimum absolute atomic E-state index is 0. The number of nitrogens with zero attached hydrogens (tertiary/aromatic N) is 2. The number of nitrogens with one attached hydrogen (secondary N) is 2. The van der Waals surface area contributed by atoms with Crippen LogP contribution in [0.1, 0.15) is 60.4 Å². The van der Waals surface area contributed by atoms with Crippen LogP contribution < -0.4 is 10.6 Å². The lowest BCUT2D eigenvalue weighted by molar-refractivity contribution is 0.00704. The van der Waals surface area contributed by atoms with Crippen LogP contribution in [0.2, 0.25) is 0 Å². The zero-order valence-electron chi connectivity index (χ0n) is 20.6. The Balaban J connectivity index is 0.00000228. The van der Waals surface area contributed by atoms with E-state index in [4.69, 9.17) is 4.74 Å². The fourth-order valence-corrected chi connectivity index (χ4v) is 6.50. The number of esters is 1. The standard InChI is InChI=1S/C25H32N4O3S2.2H2/c1-15-16(2)33-21(20(15)23(30)32-25(3,4)5)27-24(31)26-13-18-17-9-12-28(6)14-19(17)34-22(18)29-10-7-8-11-29;;/h7-8,10-11H,9,12-14H2,1-6H3,(H2,26,27,31);2*1H. The topological polar surface area (TPSA) is 75.6 Å². The Morgan fingerprint density at radius 2 is 1.88 bits per heavy atom. The number of carbonyl (C=O) groups excluding carboxylic acids is 2. The third-order valence-electron chi connectivity index (χ3n) is 5.82. The van der Waals surface area contributed by atoms with Crippen molar-refractivity contribution in [3.63, 3.8) is 0 Å². The van der Waals surface area contributed by atoms with Gasteiger partial charge in [-0.1, -0.05) is 0 Å². The zero-order valence-corrected chi connectivity index (χ0v) is 22.2. The van der Waals surface area contributed by atoms with Crippen molar-refractivity contribution >= 4 is 39.7 Å². The Morgan fingerprint density at radius 1 is 1.18 bits per heavy atom. The van der Waals surface area contributed by atoms with Crippen LogP contribution in [0.25, 0.3) is 5.00 Å². The van der Waals surface area contributed by atoms with Crippen molar-refractivity contribution in [1.29, 1.82) is 0 Å². The van der Waals surface area contributed by atoms with Crippen LogP contribution in [0, 0.1) is 13.8 Å². The highest BCUT2D eigenvalue weighted by Gasteiger charge is 2.27. The summed E-state index contributed by atoms with van der Waals surface area (Å²) in [6.07, 6.45) is 5.04. The first-order valence-electron chi connectivity index (χ1n) is 11.4. The van der Waals surface area contributed by atoms with Gasteiger partial charge in [-0.15, -0.1) is 22.7 Å². The number of likely N-dealkylation sites (N-methyl/N-ethyl adjacent to an activating group) is 1. The average molecular weight is 505 g/mol. The lowest BCUT2D eigenvalue weighted by Crippen LogP contribution is -2.31. The summed E-state index contributed by atoms with van der Waals surface area (Å²) in [6, 6.07) is 3.68. The molecule has 34 heavy (non-hydrogen) atoms. The van der Waals surface area contributed by atoms with Gasteiger partial charge in [0.25, 0.3) is 0 Å². The fraction of sp³-hybridized carbons (Fsp3) is 0.440. The molecule has 186 valence electrons. The summed E-state index contributed by atoms with van der Waals surface area (Å²) in [5, 5.41) is 7.58. The average Bonchev–Trinajstić information content (AvgIpc) is 3.43. The molecular weight excluding hydrogens is 468 g/mol. The van der Waals surface area contributed by atoms with Crippen molar-refractivity contribution in [3.05, 3.63) is 56.5 Å². The molecule has 0 aliphatic carbocycles. The number of aromatic nitrogens is 1.